The molecular formula is C17H20N2O2S. The van der Waals surface area contributed by atoms with Gasteiger partial charge in [0.15, 0.2) is 0 Å². The Kier molecular flexibility index (Phi) is 4.85. The van der Waals surface area contributed by atoms with Crippen molar-refractivity contribution in [1.82, 2.24) is 9.88 Å². The Morgan fingerprint density at radius 2 is 2.09 bits per heavy atom. The number of rotatable bonds is 5. The molecule has 1 aliphatic rings. The van der Waals surface area contributed by atoms with Crippen LogP contribution in [0.5, 0.6) is 0 Å². The van der Waals surface area contributed by atoms with Gasteiger partial charge in [-0.05, 0) is 52.9 Å². The van der Waals surface area contributed by atoms with E-state index >= 15 is 0 Å². The van der Waals surface area contributed by atoms with Crippen LogP contribution in [0.25, 0.3) is 0 Å². The van der Waals surface area contributed by atoms with E-state index in [-0.39, 0.29) is 11.8 Å². The van der Waals surface area contributed by atoms with Crippen molar-refractivity contribution >= 4 is 17.2 Å². The monoisotopic (exact) mass is 316 g/mol. The molecule has 1 fully saturated rings. The molecule has 0 saturated carbocycles. The number of likely N-dealkylation sites (tertiary alicyclic amines) is 1. The van der Waals surface area contributed by atoms with Crippen LogP contribution >= 0.6 is 11.3 Å². The van der Waals surface area contributed by atoms with Gasteiger partial charge in [0.05, 0.1) is 6.10 Å². The van der Waals surface area contributed by atoms with Crippen molar-refractivity contribution in [2.24, 2.45) is 5.92 Å². The average molecular weight is 316 g/mol. The summed E-state index contributed by atoms with van der Waals surface area (Å²) >= 11 is 1.66. The third-order valence-corrected chi connectivity index (χ3v) is 4.95. The number of hydrogen-bond donors (Lipinski definition) is 1. The van der Waals surface area contributed by atoms with Crippen molar-refractivity contribution in [2.75, 3.05) is 13.1 Å². The van der Waals surface area contributed by atoms with Crippen molar-refractivity contribution in [2.45, 2.75) is 25.4 Å². The highest BCUT2D eigenvalue weighted by Gasteiger charge is 2.33. The minimum Gasteiger partial charge on any atom is -0.391 e. The molecule has 1 amide bonds. The number of β-amino-alcohol motifs (C(OH)–C–C–N with tert-alkyl or cyclic N) is 1. The number of aryl methyl sites for hydroxylation is 1. The van der Waals surface area contributed by atoms with Gasteiger partial charge in [-0.15, -0.1) is 0 Å². The second-order valence-electron chi connectivity index (χ2n) is 5.82. The zero-order chi connectivity index (χ0) is 15.4. The first-order chi connectivity index (χ1) is 10.7. The van der Waals surface area contributed by atoms with Crippen molar-refractivity contribution in [3.05, 3.63) is 52.5 Å². The van der Waals surface area contributed by atoms with E-state index in [1.165, 1.54) is 5.56 Å². The molecule has 3 heterocycles. The number of amides is 1. The van der Waals surface area contributed by atoms with Crippen LogP contribution in [0.15, 0.2) is 41.4 Å². The smallest absolute Gasteiger partial charge is 0.223 e. The Balaban J connectivity index is 1.52. The van der Waals surface area contributed by atoms with E-state index < -0.39 is 6.10 Å². The van der Waals surface area contributed by atoms with E-state index in [1.807, 2.05) is 22.4 Å². The minimum atomic E-state index is -0.432. The SMILES string of the molecule is O=C(CCc1ccsc1)N1C[C@@H](Cc2ccncc2)[C@H](O)C1. The standard InChI is InChI=1S/C17H20N2O2S/c20-16-11-19(17(21)2-1-14-5-8-22-12-14)10-15(16)9-13-3-6-18-7-4-13/h3-8,12,15-16,20H,1-2,9-11H2/t15-,16-/m1/s1. The number of nitrogens with zero attached hydrogens (tertiary/aromatic N) is 2. The van der Waals surface area contributed by atoms with Crippen LogP contribution in [-0.4, -0.2) is 40.1 Å². The summed E-state index contributed by atoms with van der Waals surface area (Å²) in [5.74, 6) is 0.259. The van der Waals surface area contributed by atoms with Gasteiger partial charge in [0.25, 0.3) is 0 Å². The summed E-state index contributed by atoms with van der Waals surface area (Å²) in [6.45, 7) is 1.10. The molecule has 116 valence electrons. The summed E-state index contributed by atoms with van der Waals surface area (Å²) < 4.78 is 0. The molecule has 0 radical (unpaired) electrons. The number of aromatic nitrogens is 1. The van der Waals surface area contributed by atoms with Crippen LogP contribution in [0, 0.1) is 5.92 Å². The molecule has 2 aromatic rings. The van der Waals surface area contributed by atoms with Crippen LogP contribution in [0.2, 0.25) is 0 Å². The maximum absolute atomic E-state index is 12.3. The van der Waals surface area contributed by atoms with Gasteiger partial charge in [-0.25, -0.2) is 0 Å². The number of pyridine rings is 1. The van der Waals surface area contributed by atoms with Crippen LogP contribution in [-0.2, 0) is 17.6 Å². The molecule has 22 heavy (non-hydrogen) atoms. The first-order valence-corrected chi connectivity index (χ1v) is 8.52. The van der Waals surface area contributed by atoms with E-state index in [0.29, 0.717) is 19.5 Å². The normalized spacial score (nSPS) is 21.2. The Morgan fingerprint density at radius 3 is 2.82 bits per heavy atom. The zero-order valence-corrected chi connectivity index (χ0v) is 13.2. The number of aliphatic hydroxyl groups excluding tert-OH is 1. The summed E-state index contributed by atoms with van der Waals surface area (Å²) in [6.07, 6.45) is 5.19. The molecule has 4 nitrogen and oxygen atoms in total. The van der Waals surface area contributed by atoms with Crippen LogP contribution in [0.4, 0.5) is 0 Å². The number of thiophene rings is 1. The highest BCUT2D eigenvalue weighted by atomic mass is 32.1. The maximum Gasteiger partial charge on any atom is 0.223 e. The lowest BCUT2D eigenvalue weighted by atomic mass is 9.97. The van der Waals surface area contributed by atoms with Crippen LogP contribution in [0.1, 0.15) is 17.5 Å². The summed E-state index contributed by atoms with van der Waals surface area (Å²) in [4.78, 5) is 18.1. The number of carbonyl (C=O) groups excluding carboxylic acids is 1. The second kappa shape index (κ2) is 7.03. The Labute approximate surface area is 134 Å². The Hall–Kier alpha value is -1.72. The first kappa shape index (κ1) is 15.2. The molecule has 2 atom stereocenters. The molecule has 0 aliphatic carbocycles. The zero-order valence-electron chi connectivity index (χ0n) is 12.4. The minimum absolute atomic E-state index is 0.118. The number of carbonyl (C=O) groups is 1. The van der Waals surface area contributed by atoms with Gasteiger partial charge in [-0.2, -0.15) is 11.3 Å². The van der Waals surface area contributed by atoms with Crippen molar-refractivity contribution in [1.29, 1.82) is 0 Å². The quantitative estimate of drug-likeness (QED) is 0.919. The number of aliphatic hydroxyl groups is 1. The summed E-state index contributed by atoms with van der Waals surface area (Å²) in [5, 5.41) is 14.3. The Morgan fingerprint density at radius 1 is 1.27 bits per heavy atom. The molecule has 0 aromatic carbocycles. The highest BCUT2D eigenvalue weighted by Crippen LogP contribution is 2.22. The average Bonchev–Trinajstić information content (AvgIpc) is 3.16. The fourth-order valence-corrected chi connectivity index (χ4v) is 3.63. The highest BCUT2D eigenvalue weighted by molar-refractivity contribution is 7.07. The topological polar surface area (TPSA) is 53.4 Å². The molecule has 1 aliphatic heterocycles. The predicted molar refractivity (Wildman–Crippen MR) is 86.7 cm³/mol. The van der Waals surface area contributed by atoms with Crippen LogP contribution in [0.3, 0.4) is 0 Å². The molecule has 1 saturated heterocycles. The van der Waals surface area contributed by atoms with Crippen molar-refractivity contribution < 1.29 is 9.90 Å². The van der Waals surface area contributed by atoms with E-state index in [1.54, 1.807) is 23.7 Å². The van der Waals surface area contributed by atoms with Gasteiger partial charge in [0.2, 0.25) is 5.91 Å². The fraction of sp³-hybridized carbons (Fsp3) is 0.412. The lowest BCUT2D eigenvalue weighted by molar-refractivity contribution is -0.130. The van der Waals surface area contributed by atoms with E-state index in [9.17, 15) is 9.90 Å². The molecule has 3 rings (SSSR count). The first-order valence-electron chi connectivity index (χ1n) is 7.58. The summed E-state index contributed by atoms with van der Waals surface area (Å²) in [5.41, 5.74) is 2.37. The fourth-order valence-electron chi connectivity index (χ4n) is 2.92. The molecule has 0 bridgehead atoms. The van der Waals surface area contributed by atoms with Gasteiger partial charge < -0.3 is 10.0 Å². The lowest BCUT2D eigenvalue weighted by Crippen LogP contribution is -2.29. The third-order valence-electron chi connectivity index (χ3n) is 4.21. The van der Waals surface area contributed by atoms with E-state index in [4.69, 9.17) is 0 Å². The van der Waals surface area contributed by atoms with Gasteiger partial charge in [0, 0.05) is 37.8 Å². The molecule has 0 spiro atoms. The molecular weight excluding hydrogens is 296 g/mol. The largest absolute Gasteiger partial charge is 0.391 e. The summed E-state index contributed by atoms with van der Waals surface area (Å²) in [7, 11) is 0. The molecule has 2 aromatic heterocycles. The van der Waals surface area contributed by atoms with Gasteiger partial charge in [-0.3, -0.25) is 9.78 Å². The van der Waals surface area contributed by atoms with Gasteiger partial charge in [-0.1, -0.05) is 0 Å². The Bertz CT molecular complexity index is 600. The van der Waals surface area contributed by atoms with Crippen LogP contribution < -0.4 is 0 Å². The summed E-state index contributed by atoms with van der Waals surface area (Å²) in [6, 6.07) is 5.99. The van der Waals surface area contributed by atoms with Crippen molar-refractivity contribution in [3.8, 4) is 0 Å². The molecule has 1 N–H and O–H groups in total. The lowest BCUT2D eigenvalue weighted by Gasteiger charge is -2.16. The molecule has 0 unspecified atom stereocenters. The maximum atomic E-state index is 12.3. The van der Waals surface area contributed by atoms with Gasteiger partial charge >= 0.3 is 0 Å². The number of hydrogen-bond acceptors (Lipinski definition) is 4. The third kappa shape index (κ3) is 3.72. The van der Waals surface area contributed by atoms with E-state index in [2.05, 4.69) is 16.4 Å². The predicted octanol–water partition coefficient (Wildman–Crippen LogP) is 2.14. The molecule has 5 heteroatoms. The second-order valence-corrected chi connectivity index (χ2v) is 6.60. The van der Waals surface area contributed by atoms with Crippen molar-refractivity contribution in [3.63, 3.8) is 0 Å². The van der Waals surface area contributed by atoms with E-state index in [0.717, 1.165) is 18.4 Å². The van der Waals surface area contributed by atoms with Gasteiger partial charge in [0.1, 0.15) is 0 Å².